The van der Waals surface area contributed by atoms with Crippen molar-refractivity contribution >= 4 is 0 Å². The maximum absolute atomic E-state index is 10.4. The van der Waals surface area contributed by atoms with Crippen molar-refractivity contribution in [3.05, 3.63) is 0 Å². The first-order chi connectivity index (χ1) is 13.9. The summed E-state index contributed by atoms with van der Waals surface area (Å²) in [4.78, 5) is 0. The molecule has 8 heteroatoms. The van der Waals surface area contributed by atoms with E-state index in [-0.39, 0.29) is 26.1 Å². The summed E-state index contributed by atoms with van der Waals surface area (Å²) >= 11 is 0. The van der Waals surface area contributed by atoms with Crippen molar-refractivity contribution in [2.45, 2.75) is 90.5 Å². The number of ether oxygens (including phenoxy) is 5. The monoisotopic (exact) mass is 424 g/mol. The lowest BCUT2D eigenvalue weighted by Gasteiger charge is -2.39. The highest BCUT2D eigenvalue weighted by Crippen LogP contribution is 2.29. The minimum Gasteiger partial charge on any atom is -0.390 e. The van der Waals surface area contributed by atoms with E-state index in [2.05, 4.69) is 13.8 Å². The van der Waals surface area contributed by atoms with Gasteiger partial charge in [0, 0.05) is 32.7 Å². The second-order valence-corrected chi connectivity index (χ2v) is 7.16. The van der Waals surface area contributed by atoms with Crippen molar-refractivity contribution in [1.82, 2.24) is 0 Å². The molecule has 0 aliphatic heterocycles. The molecule has 3 N–H and O–H groups in total. The summed E-state index contributed by atoms with van der Waals surface area (Å²) in [7, 11) is 0. The van der Waals surface area contributed by atoms with Gasteiger partial charge in [-0.3, -0.25) is 0 Å². The zero-order valence-corrected chi connectivity index (χ0v) is 18.8. The predicted molar refractivity (Wildman–Crippen MR) is 111 cm³/mol. The van der Waals surface area contributed by atoms with Crippen LogP contribution in [0.1, 0.15) is 66.2 Å². The summed E-state index contributed by atoms with van der Waals surface area (Å²) in [5.74, 6) is 0. The third-order valence-electron chi connectivity index (χ3n) is 4.60. The van der Waals surface area contributed by atoms with Gasteiger partial charge < -0.3 is 39.0 Å². The Morgan fingerprint density at radius 1 is 0.690 bits per heavy atom. The zero-order chi connectivity index (χ0) is 22.0. The fourth-order valence-electron chi connectivity index (χ4n) is 2.81. The van der Waals surface area contributed by atoms with E-state index in [1.165, 1.54) is 0 Å². The lowest BCUT2D eigenvalue weighted by Crippen LogP contribution is -2.50. The molecule has 0 radical (unpaired) electrons. The number of hydrogen-bond donors (Lipinski definition) is 3. The molecule has 4 atom stereocenters. The number of aliphatic hydroxyl groups excluding tert-OH is 3. The molecule has 0 bridgehead atoms. The van der Waals surface area contributed by atoms with E-state index in [4.69, 9.17) is 23.7 Å². The number of aliphatic hydroxyl groups is 3. The Balaban J connectivity index is 4.71. The van der Waals surface area contributed by atoms with Crippen molar-refractivity contribution < 1.29 is 39.0 Å². The van der Waals surface area contributed by atoms with Gasteiger partial charge in [0.2, 0.25) is 0 Å². The van der Waals surface area contributed by atoms with Crippen LogP contribution in [0.5, 0.6) is 0 Å². The third kappa shape index (κ3) is 14.3. The van der Waals surface area contributed by atoms with Gasteiger partial charge in [-0.2, -0.15) is 0 Å². The van der Waals surface area contributed by atoms with E-state index in [1.807, 2.05) is 0 Å². The Hall–Kier alpha value is -0.320. The van der Waals surface area contributed by atoms with Gasteiger partial charge in [-0.25, -0.2) is 0 Å². The molecule has 0 aromatic carbocycles. The third-order valence-corrected chi connectivity index (χ3v) is 4.60. The molecule has 0 aliphatic carbocycles. The van der Waals surface area contributed by atoms with Crippen LogP contribution in [0.15, 0.2) is 0 Å². The minimum absolute atomic E-state index is 0.000880. The minimum atomic E-state index is -1.23. The zero-order valence-electron chi connectivity index (χ0n) is 18.8. The fourth-order valence-corrected chi connectivity index (χ4v) is 2.81. The van der Waals surface area contributed by atoms with E-state index >= 15 is 0 Å². The highest BCUT2D eigenvalue weighted by atomic mass is 16.6. The van der Waals surface area contributed by atoms with Crippen LogP contribution in [0.4, 0.5) is 0 Å². The molecule has 0 amide bonds. The van der Waals surface area contributed by atoms with Crippen LogP contribution in [-0.4, -0.2) is 85.9 Å². The number of hydrogen-bond acceptors (Lipinski definition) is 8. The molecular formula is C21H44O8. The molecule has 0 aliphatic rings. The van der Waals surface area contributed by atoms with Crippen molar-refractivity contribution in [2.75, 3.05) is 46.2 Å². The summed E-state index contributed by atoms with van der Waals surface area (Å²) in [5, 5.41) is 30.9. The standard InChI is InChI=1S/C21H44O8/c1-5-8-10-25-12-14-28-20(24)17-21(18(4)22,16-19(23)27-7-3)29-15-13-26-11-9-6-2/h18-20,22-24H,5-17H2,1-4H3. The fraction of sp³-hybridized carbons (Fsp3) is 1.00. The Kier molecular flexibility index (Phi) is 18.2. The Morgan fingerprint density at radius 2 is 1.21 bits per heavy atom. The van der Waals surface area contributed by atoms with E-state index in [1.54, 1.807) is 13.8 Å². The van der Waals surface area contributed by atoms with Gasteiger partial charge >= 0.3 is 0 Å². The molecule has 0 fully saturated rings. The Morgan fingerprint density at radius 3 is 1.69 bits per heavy atom. The molecule has 0 saturated carbocycles. The molecule has 0 heterocycles. The lowest BCUT2D eigenvalue weighted by atomic mass is 9.88. The maximum atomic E-state index is 10.4. The average molecular weight is 425 g/mol. The topological polar surface area (TPSA) is 107 Å². The SMILES string of the molecule is CCCCOCCOC(O)CC(CC(O)OCC)(OCCOCCCC)C(C)O. The second kappa shape index (κ2) is 18.4. The maximum Gasteiger partial charge on any atom is 0.157 e. The number of rotatable bonds is 21. The molecule has 176 valence electrons. The molecule has 29 heavy (non-hydrogen) atoms. The van der Waals surface area contributed by atoms with Crippen LogP contribution in [0, 0.1) is 0 Å². The largest absolute Gasteiger partial charge is 0.390 e. The highest BCUT2D eigenvalue weighted by Gasteiger charge is 2.41. The van der Waals surface area contributed by atoms with Crippen LogP contribution < -0.4 is 0 Å². The molecular weight excluding hydrogens is 380 g/mol. The van der Waals surface area contributed by atoms with Gasteiger partial charge in [0.1, 0.15) is 5.60 Å². The average Bonchev–Trinajstić information content (AvgIpc) is 2.67. The van der Waals surface area contributed by atoms with Crippen molar-refractivity contribution in [3.8, 4) is 0 Å². The summed E-state index contributed by atoms with van der Waals surface area (Å²) < 4.78 is 27.5. The first-order valence-electron chi connectivity index (χ1n) is 11.0. The molecule has 8 nitrogen and oxygen atoms in total. The van der Waals surface area contributed by atoms with E-state index in [9.17, 15) is 15.3 Å². The van der Waals surface area contributed by atoms with Gasteiger partial charge in [0.25, 0.3) is 0 Å². The Labute approximate surface area is 176 Å². The molecule has 0 aromatic heterocycles. The second-order valence-electron chi connectivity index (χ2n) is 7.16. The molecule has 0 aromatic rings. The molecule has 0 saturated heterocycles. The molecule has 0 spiro atoms. The number of unbranched alkanes of at least 4 members (excludes halogenated alkanes) is 2. The lowest BCUT2D eigenvalue weighted by molar-refractivity contribution is -0.223. The van der Waals surface area contributed by atoms with Gasteiger partial charge in [0.05, 0.1) is 32.5 Å². The van der Waals surface area contributed by atoms with Crippen molar-refractivity contribution in [2.24, 2.45) is 0 Å². The van der Waals surface area contributed by atoms with Crippen LogP contribution >= 0.6 is 0 Å². The van der Waals surface area contributed by atoms with Gasteiger partial charge in [-0.15, -0.1) is 0 Å². The van der Waals surface area contributed by atoms with E-state index < -0.39 is 24.3 Å². The first-order valence-corrected chi connectivity index (χ1v) is 11.0. The van der Waals surface area contributed by atoms with Crippen LogP contribution in [0.25, 0.3) is 0 Å². The van der Waals surface area contributed by atoms with Crippen LogP contribution in [0.3, 0.4) is 0 Å². The van der Waals surface area contributed by atoms with Crippen molar-refractivity contribution in [3.63, 3.8) is 0 Å². The Bertz CT molecular complexity index is 356. The van der Waals surface area contributed by atoms with Gasteiger partial charge in [0.15, 0.2) is 12.6 Å². The highest BCUT2D eigenvalue weighted by molar-refractivity contribution is 4.88. The summed E-state index contributed by atoms with van der Waals surface area (Å²) in [6, 6.07) is 0. The molecule has 4 unspecified atom stereocenters. The normalized spacial score (nSPS) is 17.1. The van der Waals surface area contributed by atoms with Crippen molar-refractivity contribution in [1.29, 1.82) is 0 Å². The summed E-state index contributed by atoms with van der Waals surface area (Å²) in [5.41, 5.74) is -1.23. The van der Waals surface area contributed by atoms with Crippen LogP contribution in [-0.2, 0) is 23.7 Å². The summed E-state index contributed by atoms with van der Waals surface area (Å²) in [6.07, 6.45) is 0.780. The quantitative estimate of drug-likeness (QED) is 0.190. The van der Waals surface area contributed by atoms with Gasteiger partial charge in [-0.1, -0.05) is 26.7 Å². The van der Waals surface area contributed by atoms with E-state index in [0.717, 1.165) is 25.7 Å². The van der Waals surface area contributed by atoms with E-state index in [0.29, 0.717) is 33.0 Å². The van der Waals surface area contributed by atoms with Gasteiger partial charge in [-0.05, 0) is 26.7 Å². The summed E-state index contributed by atoms with van der Waals surface area (Å²) in [6.45, 7) is 10.3. The van der Waals surface area contributed by atoms with Crippen LogP contribution in [0.2, 0.25) is 0 Å². The first kappa shape index (κ1) is 28.7. The predicted octanol–water partition coefficient (Wildman–Crippen LogP) is 2.23. The smallest absolute Gasteiger partial charge is 0.157 e. The molecule has 0 rings (SSSR count).